The number of amides is 1. The third-order valence-corrected chi connectivity index (χ3v) is 3.78. The number of carbonyl (C=O) groups is 1. The van der Waals surface area contributed by atoms with Gasteiger partial charge in [0.25, 0.3) is 0 Å². The van der Waals surface area contributed by atoms with Crippen LogP contribution in [0.15, 0.2) is 48.5 Å². The maximum Gasteiger partial charge on any atom is 0.224 e. The molecule has 2 aromatic rings. The van der Waals surface area contributed by atoms with E-state index in [1.54, 1.807) is 0 Å². The highest BCUT2D eigenvalue weighted by atomic mass is 35.5. The molecule has 0 bridgehead atoms. The Morgan fingerprint density at radius 2 is 1.76 bits per heavy atom. The molecule has 0 aliphatic heterocycles. The topological polar surface area (TPSA) is 55.1 Å². The number of carbonyl (C=O) groups excluding carboxylic acids is 1. The van der Waals surface area contributed by atoms with Crippen molar-refractivity contribution in [3.8, 4) is 0 Å². The van der Waals surface area contributed by atoms with E-state index in [4.69, 9.17) is 17.3 Å². The van der Waals surface area contributed by atoms with Gasteiger partial charge in [0, 0.05) is 11.6 Å². The van der Waals surface area contributed by atoms with Gasteiger partial charge in [-0.1, -0.05) is 54.1 Å². The molecule has 0 fully saturated rings. The minimum atomic E-state index is -0.128. The van der Waals surface area contributed by atoms with Crippen LogP contribution in [0.3, 0.4) is 0 Å². The number of nitrogens with one attached hydrogen (secondary N) is 1. The monoisotopic (exact) mass is 302 g/mol. The van der Waals surface area contributed by atoms with E-state index in [2.05, 4.69) is 5.32 Å². The van der Waals surface area contributed by atoms with Gasteiger partial charge in [-0.2, -0.15) is 0 Å². The number of hydrogen-bond donors (Lipinski definition) is 2. The molecule has 2 aromatic carbocycles. The molecule has 3 N–H and O–H groups in total. The van der Waals surface area contributed by atoms with E-state index < -0.39 is 0 Å². The van der Waals surface area contributed by atoms with Gasteiger partial charge in [0.2, 0.25) is 5.91 Å². The molecule has 1 amide bonds. The Bertz CT molecular complexity index is 628. The molecule has 0 aliphatic carbocycles. The Balaban J connectivity index is 2.03. The first kappa shape index (κ1) is 15.5. The lowest BCUT2D eigenvalue weighted by Crippen LogP contribution is -2.28. The molecule has 0 radical (unpaired) electrons. The standard InChI is InChI=1S/C17H19ClN2O/c1-12(15-8-4-5-9-16(15)18)20-17(21)10-13-6-2-3-7-14(13)11-19/h2-9,12H,10-11,19H2,1H3,(H,20,21). The largest absolute Gasteiger partial charge is 0.349 e. The molecule has 3 nitrogen and oxygen atoms in total. The van der Waals surface area contributed by atoms with Crippen LogP contribution in [-0.4, -0.2) is 5.91 Å². The summed E-state index contributed by atoms with van der Waals surface area (Å²) in [4.78, 5) is 12.2. The van der Waals surface area contributed by atoms with Crippen molar-refractivity contribution in [3.63, 3.8) is 0 Å². The second kappa shape index (κ2) is 7.25. The van der Waals surface area contributed by atoms with Gasteiger partial charge in [0.05, 0.1) is 12.5 Å². The number of benzene rings is 2. The van der Waals surface area contributed by atoms with Gasteiger partial charge in [0.1, 0.15) is 0 Å². The summed E-state index contributed by atoms with van der Waals surface area (Å²) in [6.07, 6.45) is 0.322. The molecule has 0 heterocycles. The molecule has 0 spiro atoms. The zero-order valence-corrected chi connectivity index (χ0v) is 12.7. The van der Waals surface area contributed by atoms with Gasteiger partial charge in [-0.25, -0.2) is 0 Å². The van der Waals surface area contributed by atoms with Crippen molar-refractivity contribution in [2.45, 2.75) is 25.9 Å². The smallest absolute Gasteiger partial charge is 0.224 e. The first-order chi connectivity index (χ1) is 10.1. The Morgan fingerprint density at radius 1 is 1.14 bits per heavy atom. The molecular formula is C17H19ClN2O. The fraction of sp³-hybridized carbons (Fsp3) is 0.235. The van der Waals surface area contributed by atoms with E-state index in [1.165, 1.54) is 0 Å². The summed E-state index contributed by atoms with van der Waals surface area (Å²) in [6, 6.07) is 15.1. The van der Waals surface area contributed by atoms with Crippen LogP contribution >= 0.6 is 11.6 Å². The van der Waals surface area contributed by atoms with Crippen LogP contribution in [0, 0.1) is 0 Å². The second-order valence-corrected chi connectivity index (χ2v) is 5.37. The molecule has 4 heteroatoms. The molecule has 21 heavy (non-hydrogen) atoms. The van der Waals surface area contributed by atoms with Crippen molar-refractivity contribution in [2.24, 2.45) is 5.73 Å². The summed E-state index contributed by atoms with van der Waals surface area (Å²) >= 11 is 6.14. The zero-order valence-electron chi connectivity index (χ0n) is 12.0. The van der Waals surface area contributed by atoms with Crippen LogP contribution < -0.4 is 11.1 Å². The molecule has 0 aromatic heterocycles. The third kappa shape index (κ3) is 4.06. The lowest BCUT2D eigenvalue weighted by molar-refractivity contribution is -0.121. The van der Waals surface area contributed by atoms with Crippen LogP contribution in [0.2, 0.25) is 5.02 Å². The molecule has 2 rings (SSSR count). The lowest BCUT2D eigenvalue weighted by Gasteiger charge is -2.16. The first-order valence-corrected chi connectivity index (χ1v) is 7.30. The SMILES string of the molecule is CC(NC(=O)Cc1ccccc1CN)c1ccccc1Cl. The molecule has 110 valence electrons. The summed E-state index contributed by atoms with van der Waals surface area (Å²) in [7, 11) is 0. The van der Waals surface area contributed by atoms with Gasteiger partial charge >= 0.3 is 0 Å². The van der Waals surface area contributed by atoms with Gasteiger partial charge in [-0.05, 0) is 29.7 Å². The number of hydrogen-bond acceptors (Lipinski definition) is 2. The van der Waals surface area contributed by atoms with Crippen molar-refractivity contribution < 1.29 is 4.79 Å². The summed E-state index contributed by atoms with van der Waals surface area (Å²) in [5, 5.41) is 3.63. The third-order valence-electron chi connectivity index (χ3n) is 3.44. The highest BCUT2D eigenvalue weighted by Crippen LogP contribution is 2.22. The predicted octanol–water partition coefficient (Wildman–Crippen LogP) is 3.22. The zero-order chi connectivity index (χ0) is 15.2. The summed E-state index contributed by atoms with van der Waals surface area (Å²) in [5.41, 5.74) is 8.57. The molecular weight excluding hydrogens is 284 g/mol. The molecule has 0 saturated heterocycles. The van der Waals surface area contributed by atoms with Crippen LogP contribution in [-0.2, 0) is 17.8 Å². The van der Waals surface area contributed by atoms with Crippen LogP contribution in [0.4, 0.5) is 0 Å². The minimum absolute atomic E-state index is 0.0386. The van der Waals surface area contributed by atoms with E-state index in [-0.39, 0.29) is 11.9 Å². The summed E-state index contributed by atoms with van der Waals surface area (Å²) in [6.45, 7) is 2.36. The lowest BCUT2D eigenvalue weighted by atomic mass is 10.0. The van der Waals surface area contributed by atoms with Crippen molar-refractivity contribution in [1.82, 2.24) is 5.32 Å². The quantitative estimate of drug-likeness (QED) is 0.891. The fourth-order valence-corrected chi connectivity index (χ4v) is 2.60. The molecule has 0 saturated carbocycles. The Hall–Kier alpha value is -1.84. The number of halogens is 1. The highest BCUT2D eigenvalue weighted by Gasteiger charge is 2.13. The molecule has 1 unspecified atom stereocenters. The van der Waals surface area contributed by atoms with E-state index in [0.717, 1.165) is 16.7 Å². The molecule has 1 atom stereocenters. The van der Waals surface area contributed by atoms with E-state index in [9.17, 15) is 4.79 Å². The van der Waals surface area contributed by atoms with Crippen LogP contribution in [0.1, 0.15) is 29.7 Å². The van der Waals surface area contributed by atoms with Crippen molar-refractivity contribution in [1.29, 1.82) is 0 Å². The van der Waals surface area contributed by atoms with E-state index >= 15 is 0 Å². The Kier molecular flexibility index (Phi) is 5.37. The van der Waals surface area contributed by atoms with Crippen molar-refractivity contribution in [3.05, 3.63) is 70.2 Å². The average Bonchev–Trinajstić information content (AvgIpc) is 2.48. The van der Waals surface area contributed by atoms with Gasteiger partial charge in [0.15, 0.2) is 0 Å². The maximum absolute atomic E-state index is 12.2. The summed E-state index contributed by atoms with van der Waals surface area (Å²) < 4.78 is 0. The first-order valence-electron chi connectivity index (χ1n) is 6.92. The van der Waals surface area contributed by atoms with Gasteiger partial charge in [-0.15, -0.1) is 0 Å². The minimum Gasteiger partial charge on any atom is -0.349 e. The predicted molar refractivity (Wildman–Crippen MR) is 86.0 cm³/mol. The highest BCUT2D eigenvalue weighted by molar-refractivity contribution is 6.31. The Morgan fingerprint density at radius 3 is 2.43 bits per heavy atom. The second-order valence-electron chi connectivity index (χ2n) is 4.96. The van der Waals surface area contributed by atoms with Crippen LogP contribution in [0.5, 0.6) is 0 Å². The Labute approximate surface area is 130 Å². The van der Waals surface area contributed by atoms with Gasteiger partial charge in [-0.3, -0.25) is 4.79 Å². The maximum atomic E-state index is 12.2. The van der Waals surface area contributed by atoms with Crippen molar-refractivity contribution >= 4 is 17.5 Å². The fourth-order valence-electron chi connectivity index (χ4n) is 2.30. The van der Waals surface area contributed by atoms with E-state index in [0.29, 0.717) is 18.0 Å². The van der Waals surface area contributed by atoms with Crippen molar-refractivity contribution in [2.75, 3.05) is 0 Å². The molecule has 0 aliphatic rings. The van der Waals surface area contributed by atoms with Crippen LogP contribution in [0.25, 0.3) is 0 Å². The summed E-state index contributed by atoms with van der Waals surface area (Å²) in [5.74, 6) is -0.0386. The average molecular weight is 303 g/mol. The number of rotatable bonds is 5. The van der Waals surface area contributed by atoms with Gasteiger partial charge < -0.3 is 11.1 Å². The number of nitrogens with two attached hydrogens (primary N) is 1. The van der Waals surface area contributed by atoms with E-state index in [1.807, 2.05) is 55.5 Å². The normalized spacial score (nSPS) is 12.0.